The number of fused-ring (bicyclic) bond motifs is 1. The lowest BCUT2D eigenvalue weighted by Crippen LogP contribution is -2.32. The van der Waals surface area contributed by atoms with Crippen LogP contribution in [0, 0.1) is 11.8 Å². The summed E-state index contributed by atoms with van der Waals surface area (Å²) in [7, 11) is 0. The number of carbonyl (C=O) groups is 1. The summed E-state index contributed by atoms with van der Waals surface area (Å²) in [5.74, 6) is 1.14. The van der Waals surface area contributed by atoms with Gasteiger partial charge in [0.1, 0.15) is 0 Å². The zero-order chi connectivity index (χ0) is 11.8. The number of nitrogens with one attached hydrogen (secondary N) is 1. The molecule has 0 unspecified atom stereocenters. The van der Waals surface area contributed by atoms with Gasteiger partial charge in [0, 0.05) is 5.92 Å². The molecule has 0 bridgehead atoms. The second-order valence-electron chi connectivity index (χ2n) is 5.47. The number of carbonyl (C=O) groups excluding carboxylic acids is 1. The molecule has 0 radical (unpaired) electrons. The first-order valence-corrected chi connectivity index (χ1v) is 6.64. The van der Waals surface area contributed by atoms with Crippen molar-refractivity contribution in [3.05, 3.63) is 35.4 Å². The minimum atomic E-state index is 0.250. The molecule has 1 fully saturated rings. The molecule has 1 N–H and O–H groups in total. The van der Waals surface area contributed by atoms with Crippen molar-refractivity contribution in [2.75, 3.05) is 0 Å². The standard InChI is InChI=1S/C15H19NO/c1-10-9-13(10)15(17)16-14-8-4-6-11-5-2-3-7-12(11)14/h2-3,5,7,10,13-14H,4,6,8-9H2,1H3,(H,16,17)/t10-,13+,14+/m0/s1. The summed E-state index contributed by atoms with van der Waals surface area (Å²) in [4.78, 5) is 12.0. The Morgan fingerprint density at radius 1 is 1.35 bits per heavy atom. The van der Waals surface area contributed by atoms with Gasteiger partial charge in [0.15, 0.2) is 0 Å². The van der Waals surface area contributed by atoms with Crippen LogP contribution in [0.4, 0.5) is 0 Å². The fourth-order valence-electron chi connectivity index (χ4n) is 2.87. The molecule has 3 atom stereocenters. The van der Waals surface area contributed by atoms with E-state index in [0.29, 0.717) is 5.92 Å². The van der Waals surface area contributed by atoms with Crippen molar-refractivity contribution < 1.29 is 4.79 Å². The average molecular weight is 229 g/mol. The minimum Gasteiger partial charge on any atom is -0.349 e. The van der Waals surface area contributed by atoms with E-state index in [4.69, 9.17) is 0 Å². The van der Waals surface area contributed by atoms with Crippen LogP contribution in [-0.4, -0.2) is 5.91 Å². The Morgan fingerprint density at radius 2 is 2.12 bits per heavy atom. The highest BCUT2D eigenvalue weighted by atomic mass is 16.2. The highest BCUT2D eigenvalue weighted by Crippen LogP contribution is 2.39. The molecule has 2 aliphatic rings. The van der Waals surface area contributed by atoms with Crippen molar-refractivity contribution in [3.63, 3.8) is 0 Å². The van der Waals surface area contributed by atoms with E-state index in [1.165, 1.54) is 17.5 Å². The molecule has 1 saturated carbocycles. The molecule has 0 heterocycles. The molecule has 3 rings (SSSR count). The van der Waals surface area contributed by atoms with E-state index in [1.807, 2.05) is 0 Å². The summed E-state index contributed by atoms with van der Waals surface area (Å²) in [6.45, 7) is 2.15. The SMILES string of the molecule is C[C@H]1C[C@H]1C(=O)N[C@@H]1CCCc2ccccc21. The van der Waals surface area contributed by atoms with Gasteiger partial charge in [-0.05, 0) is 42.7 Å². The lowest BCUT2D eigenvalue weighted by atomic mass is 9.87. The molecule has 0 aliphatic heterocycles. The van der Waals surface area contributed by atoms with Crippen molar-refractivity contribution in [1.29, 1.82) is 0 Å². The lowest BCUT2D eigenvalue weighted by molar-refractivity contribution is -0.123. The highest BCUT2D eigenvalue weighted by Gasteiger charge is 2.40. The van der Waals surface area contributed by atoms with Crippen molar-refractivity contribution in [1.82, 2.24) is 5.32 Å². The van der Waals surface area contributed by atoms with Crippen LogP contribution in [0.3, 0.4) is 0 Å². The van der Waals surface area contributed by atoms with Crippen molar-refractivity contribution in [2.45, 2.75) is 38.6 Å². The summed E-state index contributed by atoms with van der Waals surface area (Å²) in [5, 5.41) is 3.23. The molecule has 0 aromatic heterocycles. The molecule has 2 heteroatoms. The van der Waals surface area contributed by atoms with Gasteiger partial charge < -0.3 is 5.32 Å². The third-order valence-electron chi connectivity index (χ3n) is 4.13. The number of hydrogen-bond donors (Lipinski definition) is 1. The number of benzene rings is 1. The Hall–Kier alpha value is -1.31. The van der Waals surface area contributed by atoms with E-state index < -0.39 is 0 Å². The van der Waals surface area contributed by atoms with E-state index >= 15 is 0 Å². The fraction of sp³-hybridized carbons (Fsp3) is 0.533. The molecule has 1 aromatic carbocycles. The molecule has 1 amide bonds. The molecular formula is C15H19NO. The van der Waals surface area contributed by atoms with Crippen LogP contribution in [0.15, 0.2) is 24.3 Å². The van der Waals surface area contributed by atoms with Gasteiger partial charge >= 0.3 is 0 Å². The van der Waals surface area contributed by atoms with E-state index in [0.717, 1.165) is 19.3 Å². The van der Waals surface area contributed by atoms with Crippen LogP contribution < -0.4 is 5.32 Å². The smallest absolute Gasteiger partial charge is 0.223 e. The number of amides is 1. The van der Waals surface area contributed by atoms with Crippen LogP contribution in [0.5, 0.6) is 0 Å². The molecule has 2 aliphatic carbocycles. The zero-order valence-corrected chi connectivity index (χ0v) is 10.3. The first kappa shape index (κ1) is 10.8. The van der Waals surface area contributed by atoms with Gasteiger partial charge in [-0.1, -0.05) is 31.2 Å². The van der Waals surface area contributed by atoms with Crippen molar-refractivity contribution in [3.8, 4) is 0 Å². The molecule has 17 heavy (non-hydrogen) atoms. The van der Waals surface area contributed by atoms with E-state index in [2.05, 4.69) is 36.5 Å². The van der Waals surface area contributed by atoms with Gasteiger partial charge in [0.05, 0.1) is 6.04 Å². The Balaban J connectivity index is 1.74. The highest BCUT2D eigenvalue weighted by molar-refractivity contribution is 5.81. The second-order valence-corrected chi connectivity index (χ2v) is 5.47. The summed E-state index contributed by atoms with van der Waals surface area (Å²) in [6.07, 6.45) is 4.49. The summed E-state index contributed by atoms with van der Waals surface area (Å²) in [5.41, 5.74) is 2.74. The molecular weight excluding hydrogens is 210 g/mol. The van der Waals surface area contributed by atoms with Gasteiger partial charge in [0.25, 0.3) is 0 Å². The minimum absolute atomic E-state index is 0.250. The number of hydrogen-bond acceptors (Lipinski definition) is 1. The number of aryl methyl sites for hydroxylation is 1. The summed E-state index contributed by atoms with van der Waals surface area (Å²) < 4.78 is 0. The van der Waals surface area contributed by atoms with Crippen LogP contribution >= 0.6 is 0 Å². The Morgan fingerprint density at radius 3 is 2.88 bits per heavy atom. The van der Waals surface area contributed by atoms with E-state index in [1.54, 1.807) is 0 Å². The second kappa shape index (κ2) is 4.17. The van der Waals surface area contributed by atoms with Crippen molar-refractivity contribution >= 4 is 5.91 Å². The Kier molecular flexibility index (Phi) is 2.65. The predicted molar refractivity (Wildman–Crippen MR) is 67.5 cm³/mol. The normalized spacial score (nSPS) is 30.5. The lowest BCUT2D eigenvalue weighted by Gasteiger charge is -2.26. The summed E-state index contributed by atoms with van der Waals surface area (Å²) in [6, 6.07) is 8.76. The van der Waals surface area contributed by atoms with Crippen LogP contribution in [0.25, 0.3) is 0 Å². The van der Waals surface area contributed by atoms with Crippen molar-refractivity contribution in [2.24, 2.45) is 11.8 Å². The van der Waals surface area contributed by atoms with Crippen LogP contribution in [0.2, 0.25) is 0 Å². The zero-order valence-electron chi connectivity index (χ0n) is 10.3. The maximum Gasteiger partial charge on any atom is 0.223 e. The van der Waals surface area contributed by atoms with Crippen LogP contribution in [-0.2, 0) is 11.2 Å². The molecule has 2 nitrogen and oxygen atoms in total. The molecule has 90 valence electrons. The maximum absolute atomic E-state index is 12.0. The largest absolute Gasteiger partial charge is 0.349 e. The van der Waals surface area contributed by atoms with Gasteiger partial charge in [-0.3, -0.25) is 4.79 Å². The average Bonchev–Trinajstić information content (AvgIpc) is 3.07. The number of rotatable bonds is 2. The molecule has 0 saturated heterocycles. The first-order chi connectivity index (χ1) is 8.25. The Labute approximate surface area is 102 Å². The van der Waals surface area contributed by atoms with Gasteiger partial charge in [-0.25, -0.2) is 0 Å². The first-order valence-electron chi connectivity index (χ1n) is 6.64. The fourth-order valence-corrected chi connectivity index (χ4v) is 2.87. The van der Waals surface area contributed by atoms with Gasteiger partial charge in [-0.2, -0.15) is 0 Å². The monoisotopic (exact) mass is 229 g/mol. The maximum atomic E-state index is 12.0. The summed E-state index contributed by atoms with van der Waals surface area (Å²) >= 11 is 0. The third-order valence-corrected chi connectivity index (χ3v) is 4.13. The van der Waals surface area contributed by atoms with Gasteiger partial charge in [0.2, 0.25) is 5.91 Å². The van der Waals surface area contributed by atoms with Gasteiger partial charge in [-0.15, -0.1) is 0 Å². The molecule has 0 spiro atoms. The Bertz CT molecular complexity index is 440. The topological polar surface area (TPSA) is 29.1 Å². The third kappa shape index (κ3) is 2.08. The molecule has 1 aromatic rings. The quantitative estimate of drug-likeness (QED) is 0.830. The predicted octanol–water partition coefficient (Wildman–Crippen LogP) is 2.84. The van der Waals surface area contributed by atoms with E-state index in [-0.39, 0.29) is 17.9 Å². The van der Waals surface area contributed by atoms with Crippen LogP contribution in [0.1, 0.15) is 43.4 Å². The van der Waals surface area contributed by atoms with E-state index in [9.17, 15) is 4.79 Å².